The standard InChI is InChI=1S/C14H20FNO3/c1-10(2)16-9-11-8-12(15)4-5-13(11)19-7-6-14(17)18-3/h4-5,8,10,16H,6-7,9H2,1-3H3. The van der Waals surface area contributed by atoms with E-state index < -0.39 is 0 Å². The fourth-order valence-corrected chi connectivity index (χ4v) is 1.49. The van der Waals surface area contributed by atoms with Crippen molar-refractivity contribution in [2.45, 2.75) is 32.9 Å². The zero-order chi connectivity index (χ0) is 14.3. The maximum absolute atomic E-state index is 13.2. The van der Waals surface area contributed by atoms with E-state index in [2.05, 4.69) is 10.1 Å². The van der Waals surface area contributed by atoms with Gasteiger partial charge in [0.15, 0.2) is 0 Å². The normalized spacial score (nSPS) is 10.6. The van der Waals surface area contributed by atoms with Crippen molar-refractivity contribution in [3.8, 4) is 5.75 Å². The topological polar surface area (TPSA) is 47.6 Å². The molecule has 1 N–H and O–H groups in total. The highest BCUT2D eigenvalue weighted by Crippen LogP contribution is 2.20. The van der Waals surface area contributed by atoms with Crippen molar-refractivity contribution in [2.24, 2.45) is 0 Å². The molecule has 1 rings (SSSR count). The van der Waals surface area contributed by atoms with Gasteiger partial charge in [-0.25, -0.2) is 4.39 Å². The van der Waals surface area contributed by atoms with E-state index in [0.29, 0.717) is 18.3 Å². The first-order chi connectivity index (χ1) is 9.02. The first-order valence-electron chi connectivity index (χ1n) is 6.24. The monoisotopic (exact) mass is 269 g/mol. The molecule has 0 amide bonds. The Balaban J connectivity index is 2.62. The van der Waals surface area contributed by atoms with Crippen LogP contribution in [0.5, 0.6) is 5.75 Å². The summed E-state index contributed by atoms with van der Waals surface area (Å²) in [6.45, 7) is 4.75. The molecule has 19 heavy (non-hydrogen) atoms. The number of hydrogen-bond donors (Lipinski definition) is 1. The zero-order valence-corrected chi connectivity index (χ0v) is 11.5. The Hall–Kier alpha value is -1.62. The summed E-state index contributed by atoms with van der Waals surface area (Å²) in [5.74, 6) is -0.0525. The minimum atomic E-state index is -0.330. The number of carbonyl (C=O) groups excluding carboxylic acids is 1. The average Bonchev–Trinajstić information content (AvgIpc) is 2.38. The fraction of sp³-hybridized carbons (Fsp3) is 0.500. The van der Waals surface area contributed by atoms with E-state index in [1.54, 1.807) is 6.07 Å². The molecule has 0 aliphatic heterocycles. The molecule has 0 saturated carbocycles. The third-order valence-corrected chi connectivity index (χ3v) is 2.51. The van der Waals surface area contributed by atoms with Crippen molar-refractivity contribution in [1.29, 1.82) is 0 Å². The summed E-state index contributed by atoms with van der Waals surface area (Å²) in [5.41, 5.74) is 0.735. The molecule has 0 spiro atoms. The second-order valence-electron chi connectivity index (χ2n) is 4.46. The van der Waals surface area contributed by atoms with Gasteiger partial charge < -0.3 is 14.8 Å². The molecule has 0 saturated heterocycles. The van der Waals surface area contributed by atoms with Gasteiger partial charge >= 0.3 is 5.97 Å². The Morgan fingerprint density at radius 1 is 1.42 bits per heavy atom. The second kappa shape index (κ2) is 7.74. The Labute approximate surface area is 112 Å². The molecule has 0 unspecified atom stereocenters. The summed E-state index contributed by atoms with van der Waals surface area (Å²) in [6, 6.07) is 4.64. The minimum absolute atomic E-state index is 0.172. The highest BCUT2D eigenvalue weighted by atomic mass is 19.1. The molecule has 0 aromatic heterocycles. The molecular weight excluding hydrogens is 249 g/mol. The van der Waals surface area contributed by atoms with Crippen molar-refractivity contribution in [3.05, 3.63) is 29.6 Å². The van der Waals surface area contributed by atoms with Gasteiger partial charge in [0, 0.05) is 18.2 Å². The number of carbonyl (C=O) groups is 1. The van der Waals surface area contributed by atoms with Crippen molar-refractivity contribution in [3.63, 3.8) is 0 Å². The van der Waals surface area contributed by atoms with E-state index in [1.165, 1.54) is 19.2 Å². The van der Waals surface area contributed by atoms with Crippen LogP contribution in [0.4, 0.5) is 4.39 Å². The highest BCUT2D eigenvalue weighted by Gasteiger charge is 2.07. The Morgan fingerprint density at radius 3 is 2.79 bits per heavy atom. The Bertz CT molecular complexity index is 421. The lowest BCUT2D eigenvalue weighted by Crippen LogP contribution is -2.22. The highest BCUT2D eigenvalue weighted by molar-refractivity contribution is 5.69. The van der Waals surface area contributed by atoms with Crippen LogP contribution >= 0.6 is 0 Å². The largest absolute Gasteiger partial charge is 0.493 e. The van der Waals surface area contributed by atoms with Gasteiger partial charge in [-0.15, -0.1) is 0 Å². The summed E-state index contributed by atoms with van der Waals surface area (Å²) in [5, 5.41) is 3.20. The van der Waals surface area contributed by atoms with E-state index in [9.17, 15) is 9.18 Å². The summed E-state index contributed by atoms with van der Waals surface area (Å²) in [7, 11) is 1.33. The van der Waals surface area contributed by atoms with Crippen molar-refractivity contribution in [1.82, 2.24) is 5.32 Å². The number of hydrogen-bond acceptors (Lipinski definition) is 4. The third-order valence-electron chi connectivity index (χ3n) is 2.51. The molecule has 0 fully saturated rings. The maximum Gasteiger partial charge on any atom is 0.308 e. The fourth-order valence-electron chi connectivity index (χ4n) is 1.49. The van der Waals surface area contributed by atoms with E-state index in [0.717, 1.165) is 5.56 Å². The van der Waals surface area contributed by atoms with Gasteiger partial charge in [-0.1, -0.05) is 13.8 Å². The summed E-state index contributed by atoms with van der Waals surface area (Å²) >= 11 is 0. The van der Waals surface area contributed by atoms with Crippen LogP contribution in [-0.4, -0.2) is 25.7 Å². The molecule has 0 bridgehead atoms. The zero-order valence-electron chi connectivity index (χ0n) is 11.5. The van der Waals surface area contributed by atoms with Crippen LogP contribution < -0.4 is 10.1 Å². The van der Waals surface area contributed by atoms with E-state index in [4.69, 9.17) is 4.74 Å². The summed E-state index contributed by atoms with van der Waals surface area (Å²) < 4.78 is 23.2. The molecule has 1 aromatic carbocycles. The first kappa shape index (κ1) is 15.4. The smallest absolute Gasteiger partial charge is 0.308 e. The lowest BCUT2D eigenvalue weighted by Gasteiger charge is -2.13. The van der Waals surface area contributed by atoms with Crippen molar-refractivity contribution < 1.29 is 18.7 Å². The van der Waals surface area contributed by atoms with Crippen LogP contribution in [0.25, 0.3) is 0 Å². The number of benzene rings is 1. The maximum atomic E-state index is 13.2. The van der Waals surface area contributed by atoms with Crippen LogP contribution in [0, 0.1) is 5.82 Å². The van der Waals surface area contributed by atoms with Crippen LogP contribution in [-0.2, 0) is 16.1 Å². The van der Waals surface area contributed by atoms with Gasteiger partial charge in [0.05, 0.1) is 20.1 Å². The SMILES string of the molecule is COC(=O)CCOc1ccc(F)cc1CNC(C)C. The van der Waals surface area contributed by atoms with Gasteiger partial charge in [0.25, 0.3) is 0 Å². The van der Waals surface area contributed by atoms with E-state index in [1.807, 2.05) is 13.8 Å². The van der Waals surface area contributed by atoms with Gasteiger partial charge in [0.2, 0.25) is 0 Å². The molecule has 5 heteroatoms. The predicted octanol–water partition coefficient (Wildman–Crippen LogP) is 2.27. The number of methoxy groups -OCH3 is 1. The molecule has 106 valence electrons. The molecule has 0 atom stereocenters. The number of esters is 1. The van der Waals surface area contributed by atoms with Crippen LogP contribution in [0.1, 0.15) is 25.8 Å². The number of halogens is 1. The summed E-state index contributed by atoms with van der Waals surface area (Å²) in [6.07, 6.45) is 0.172. The molecule has 1 aromatic rings. The van der Waals surface area contributed by atoms with E-state index >= 15 is 0 Å². The molecule has 0 aliphatic rings. The van der Waals surface area contributed by atoms with Crippen LogP contribution in [0.3, 0.4) is 0 Å². The van der Waals surface area contributed by atoms with Crippen LogP contribution in [0.2, 0.25) is 0 Å². The average molecular weight is 269 g/mol. The van der Waals surface area contributed by atoms with Gasteiger partial charge in [-0.05, 0) is 18.2 Å². The van der Waals surface area contributed by atoms with Gasteiger partial charge in [-0.2, -0.15) is 0 Å². The first-order valence-corrected chi connectivity index (χ1v) is 6.24. The predicted molar refractivity (Wildman–Crippen MR) is 70.5 cm³/mol. The number of rotatable bonds is 7. The number of nitrogens with one attached hydrogen (secondary N) is 1. The van der Waals surface area contributed by atoms with Gasteiger partial charge in [0.1, 0.15) is 11.6 Å². The molecule has 0 radical (unpaired) electrons. The van der Waals surface area contributed by atoms with Gasteiger partial charge in [-0.3, -0.25) is 4.79 Å². The van der Waals surface area contributed by atoms with E-state index in [-0.39, 0.29) is 24.8 Å². The van der Waals surface area contributed by atoms with Crippen LogP contribution in [0.15, 0.2) is 18.2 Å². The molecule has 0 aliphatic carbocycles. The third kappa shape index (κ3) is 5.70. The Morgan fingerprint density at radius 2 is 2.16 bits per heavy atom. The lowest BCUT2D eigenvalue weighted by molar-refractivity contribution is -0.141. The van der Waals surface area contributed by atoms with Crippen molar-refractivity contribution >= 4 is 5.97 Å². The number of ether oxygens (including phenoxy) is 2. The quantitative estimate of drug-likeness (QED) is 0.771. The van der Waals surface area contributed by atoms with Crippen molar-refractivity contribution in [2.75, 3.05) is 13.7 Å². The minimum Gasteiger partial charge on any atom is -0.493 e. The molecule has 4 nitrogen and oxygen atoms in total. The summed E-state index contributed by atoms with van der Waals surface area (Å²) in [4.78, 5) is 11.0. The molecular formula is C14H20FNO3. The molecule has 0 heterocycles. The Kier molecular flexibility index (Phi) is 6.29. The lowest BCUT2D eigenvalue weighted by atomic mass is 10.2. The second-order valence-corrected chi connectivity index (χ2v) is 4.46.